The van der Waals surface area contributed by atoms with Crippen molar-refractivity contribution in [3.8, 4) is 5.75 Å². The number of amides is 1. The zero-order chi connectivity index (χ0) is 16.4. The molecule has 1 aromatic rings. The van der Waals surface area contributed by atoms with Crippen LogP contribution in [0, 0.1) is 5.92 Å². The van der Waals surface area contributed by atoms with Crippen molar-refractivity contribution in [2.75, 3.05) is 20.3 Å². The monoisotopic (exact) mass is 319 g/mol. The fourth-order valence-electron chi connectivity index (χ4n) is 3.47. The molecule has 1 amide bonds. The summed E-state index contributed by atoms with van der Waals surface area (Å²) in [5, 5.41) is 11.9. The predicted octanol–water partition coefficient (Wildman–Crippen LogP) is 1.33. The normalized spacial score (nSPS) is 26.0. The number of carbonyl (C=O) groups excluding carboxylic acids is 1. The molecule has 3 atom stereocenters. The Morgan fingerprint density at radius 3 is 3.00 bits per heavy atom. The predicted molar refractivity (Wildman–Crippen MR) is 82.4 cm³/mol. The van der Waals surface area contributed by atoms with Crippen LogP contribution in [0.3, 0.4) is 0 Å². The number of aliphatic carboxylic acids is 1. The van der Waals surface area contributed by atoms with Crippen molar-refractivity contribution in [2.24, 2.45) is 5.92 Å². The van der Waals surface area contributed by atoms with E-state index in [0.717, 1.165) is 24.2 Å². The summed E-state index contributed by atoms with van der Waals surface area (Å²) in [4.78, 5) is 23.8. The minimum atomic E-state index is -1.03. The number of rotatable bonds is 6. The molecule has 1 aromatic carbocycles. The van der Waals surface area contributed by atoms with E-state index >= 15 is 0 Å². The molecule has 2 aliphatic rings. The van der Waals surface area contributed by atoms with Gasteiger partial charge >= 0.3 is 5.97 Å². The largest absolute Gasteiger partial charge is 0.493 e. The molecule has 6 heteroatoms. The van der Waals surface area contributed by atoms with Crippen LogP contribution in [0.5, 0.6) is 5.75 Å². The summed E-state index contributed by atoms with van der Waals surface area (Å²) in [6.07, 6.45) is 1.80. The molecule has 1 spiro atoms. The summed E-state index contributed by atoms with van der Waals surface area (Å²) in [7, 11) is 1.51. The van der Waals surface area contributed by atoms with E-state index in [1.807, 2.05) is 24.3 Å². The Hall–Kier alpha value is -2.08. The molecule has 0 radical (unpaired) electrons. The van der Waals surface area contributed by atoms with Gasteiger partial charge in [-0.25, -0.2) is 4.79 Å². The van der Waals surface area contributed by atoms with E-state index in [1.165, 1.54) is 7.11 Å². The molecule has 1 aliphatic heterocycles. The van der Waals surface area contributed by atoms with Crippen LogP contribution in [0.15, 0.2) is 24.3 Å². The smallest absolute Gasteiger partial charge is 0.326 e. The van der Waals surface area contributed by atoms with Crippen molar-refractivity contribution in [3.63, 3.8) is 0 Å². The molecular formula is C17H21NO5. The Labute approximate surface area is 134 Å². The van der Waals surface area contributed by atoms with E-state index in [1.54, 1.807) is 0 Å². The number of nitrogens with one attached hydrogen (secondary N) is 1. The number of methoxy groups -OCH3 is 1. The summed E-state index contributed by atoms with van der Waals surface area (Å²) in [5.74, 6) is -0.567. The van der Waals surface area contributed by atoms with Crippen LogP contribution in [-0.2, 0) is 19.7 Å². The molecule has 1 saturated carbocycles. The number of carboxylic acid groups (broad SMARTS) is 1. The lowest BCUT2D eigenvalue weighted by Crippen LogP contribution is -2.43. The summed E-state index contributed by atoms with van der Waals surface area (Å²) in [5.41, 5.74) is 0.874. The molecule has 1 unspecified atom stereocenters. The van der Waals surface area contributed by atoms with Gasteiger partial charge in [-0.1, -0.05) is 18.2 Å². The Morgan fingerprint density at radius 2 is 2.26 bits per heavy atom. The lowest BCUT2D eigenvalue weighted by molar-refractivity contribution is -0.142. The van der Waals surface area contributed by atoms with Crippen LogP contribution >= 0.6 is 0 Å². The summed E-state index contributed by atoms with van der Waals surface area (Å²) in [6.45, 7) is 0.885. The zero-order valence-corrected chi connectivity index (χ0v) is 13.1. The number of carboxylic acids is 1. The van der Waals surface area contributed by atoms with Crippen LogP contribution in [0.2, 0.25) is 0 Å². The maximum atomic E-state index is 12.5. The summed E-state index contributed by atoms with van der Waals surface area (Å²) < 4.78 is 10.6. The van der Waals surface area contributed by atoms with E-state index < -0.39 is 12.0 Å². The number of benzene rings is 1. The van der Waals surface area contributed by atoms with Crippen LogP contribution in [0.25, 0.3) is 0 Å². The van der Waals surface area contributed by atoms with Crippen molar-refractivity contribution >= 4 is 11.9 Å². The first-order valence-electron chi connectivity index (χ1n) is 7.83. The van der Waals surface area contributed by atoms with Gasteiger partial charge in [-0.15, -0.1) is 0 Å². The quantitative estimate of drug-likeness (QED) is 0.826. The van der Waals surface area contributed by atoms with Gasteiger partial charge in [0.2, 0.25) is 5.91 Å². The Morgan fingerprint density at radius 1 is 1.48 bits per heavy atom. The van der Waals surface area contributed by atoms with E-state index in [9.17, 15) is 14.7 Å². The van der Waals surface area contributed by atoms with Gasteiger partial charge in [0.1, 0.15) is 11.8 Å². The number of hydrogen-bond acceptors (Lipinski definition) is 4. The molecule has 124 valence electrons. The average Bonchev–Trinajstić information content (AvgIpc) is 3.26. The molecule has 0 bridgehead atoms. The van der Waals surface area contributed by atoms with Crippen molar-refractivity contribution in [1.29, 1.82) is 0 Å². The highest BCUT2D eigenvalue weighted by Gasteiger charge is 2.61. The standard InChI is InChI=1S/C17H21NO5/c1-22-8-6-13(16(20)21)18-15(19)12-10-17(12)7-9-23-14-5-3-2-4-11(14)17/h2-5,12-13H,6-10H2,1H3,(H,18,19)(H,20,21)/t12-,13?,17-/m0/s1. The molecular weight excluding hydrogens is 298 g/mol. The molecule has 23 heavy (non-hydrogen) atoms. The molecule has 2 N–H and O–H groups in total. The number of para-hydroxylation sites is 1. The maximum absolute atomic E-state index is 12.5. The fraction of sp³-hybridized carbons (Fsp3) is 0.529. The number of ether oxygens (including phenoxy) is 2. The third-order valence-electron chi connectivity index (χ3n) is 4.85. The van der Waals surface area contributed by atoms with Crippen molar-refractivity contribution in [1.82, 2.24) is 5.32 Å². The fourth-order valence-corrected chi connectivity index (χ4v) is 3.47. The van der Waals surface area contributed by atoms with Crippen molar-refractivity contribution < 1.29 is 24.2 Å². The molecule has 0 saturated heterocycles. The van der Waals surface area contributed by atoms with Gasteiger partial charge in [0, 0.05) is 37.0 Å². The zero-order valence-electron chi connectivity index (χ0n) is 13.1. The van der Waals surface area contributed by atoms with Gasteiger partial charge < -0.3 is 19.9 Å². The van der Waals surface area contributed by atoms with E-state index in [2.05, 4.69) is 5.32 Å². The highest BCUT2D eigenvalue weighted by atomic mass is 16.5. The number of hydrogen-bond donors (Lipinski definition) is 2. The van der Waals surface area contributed by atoms with Crippen molar-refractivity contribution in [3.05, 3.63) is 29.8 Å². The second-order valence-corrected chi connectivity index (χ2v) is 6.19. The lowest BCUT2D eigenvalue weighted by Gasteiger charge is -2.27. The second kappa shape index (κ2) is 6.20. The van der Waals surface area contributed by atoms with Gasteiger partial charge in [-0.05, 0) is 18.9 Å². The van der Waals surface area contributed by atoms with Gasteiger partial charge in [0.15, 0.2) is 0 Å². The van der Waals surface area contributed by atoms with E-state index in [4.69, 9.17) is 9.47 Å². The van der Waals surface area contributed by atoms with Crippen LogP contribution in [-0.4, -0.2) is 43.3 Å². The first kappa shape index (κ1) is 15.8. The third kappa shape index (κ3) is 2.91. The highest BCUT2D eigenvalue weighted by molar-refractivity contribution is 5.88. The van der Waals surface area contributed by atoms with E-state index in [0.29, 0.717) is 13.2 Å². The number of carbonyl (C=O) groups is 2. The first-order valence-corrected chi connectivity index (χ1v) is 7.83. The van der Waals surface area contributed by atoms with Gasteiger partial charge in [-0.3, -0.25) is 4.79 Å². The summed E-state index contributed by atoms with van der Waals surface area (Å²) >= 11 is 0. The molecule has 1 fully saturated rings. The van der Waals surface area contributed by atoms with Crippen LogP contribution in [0.4, 0.5) is 0 Å². The topological polar surface area (TPSA) is 84.9 Å². The number of fused-ring (bicyclic) bond motifs is 2. The van der Waals surface area contributed by atoms with Gasteiger partial charge in [0.05, 0.1) is 6.61 Å². The average molecular weight is 319 g/mol. The Kier molecular flexibility index (Phi) is 4.26. The van der Waals surface area contributed by atoms with Crippen molar-refractivity contribution in [2.45, 2.75) is 30.7 Å². The lowest BCUT2D eigenvalue weighted by atomic mass is 9.87. The van der Waals surface area contributed by atoms with Gasteiger partial charge in [-0.2, -0.15) is 0 Å². The molecule has 6 nitrogen and oxygen atoms in total. The van der Waals surface area contributed by atoms with Crippen LogP contribution in [0.1, 0.15) is 24.8 Å². The molecule has 1 aliphatic carbocycles. The Bertz CT molecular complexity index is 617. The van der Waals surface area contributed by atoms with Crippen LogP contribution < -0.4 is 10.1 Å². The molecule has 3 rings (SSSR count). The molecule has 1 heterocycles. The summed E-state index contributed by atoms with van der Waals surface area (Å²) in [6, 6.07) is 6.88. The minimum Gasteiger partial charge on any atom is -0.493 e. The minimum absolute atomic E-state index is 0.183. The second-order valence-electron chi connectivity index (χ2n) is 6.19. The SMILES string of the molecule is COCCC(NC(=O)[C@@H]1C[C@]12CCOc1ccccc12)C(=O)O. The molecule has 0 aromatic heterocycles. The maximum Gasteiger partial charge on any atom is 0.326 e. The highest BCUT2D eigenvalue weighted by Crippen LogP contribution is 2.60. The van der Waals surface area contributed by atoms with E-state index in [-0.39, 0.29) is 23.7 Å². The third-order valence-corrected chi connectivity index (χ3v) is 4.85. The first-order chi connectivity index (χ1) is 11.1. The Balaban J connectivity index is 1.70. The van der Waals surface area contributed by atoms with Gasteiger partial charge in [0.25, 0.3) is 0 Å².